The molecule has 1 amide bonds. The average molecular weight is 335 g/mol. The van der Waals surface area contributed by atoms with Crippen LogP contribution >= 0.6 is 12.4 Å². The van der Waals surface area contributed by atoms with Crippen LogP contribution in [0.1, 0.15) is 25.8 Å². The highest BCUT2D eigenvalue weighted by molar-refractivity contribution is 5.85. The SMILES string of the molecule is CC(C)Oc1ccccc1CNC(=O)C1CC(F)(F)CN1.Cl. The molecule has 1 aliphatic heterocycles. The van der Waals surface area contributed by atoms with Gasteiger partial charge in [0.05, 0.1) is 18.7 Å². The van der Waals surface area contributed by atoms with Gasteiger partial charge in [0, 0.05) is 18.5 Å². The fraction of sp³-hybridized carbons (Fsp3) is 0.533. The average Bonchev–Trinajstić information content (AvgIpc) is 2.77. The van der Waals surface area contributed by atoms with E-state index in [0.29, 0.717) is 5.75 Å². The van der Waals surface area contributed by atoms with Crippen LogP contribution in [-0.2, 0) is 11.3 Å². The second-order valence-electron chi connectivity index (χ2n) is 5.49. The van der Waals surface area contributed by atoms with Crippen LogP contribution in [0.25, 0.3) is 0 Å². The highest BCUT2D eigenvalue weighted by Crippen LogP contribution is 2.25. The Labute approximate surface area is 135 Å². The lowest BCUT2D eigenvalue weighted by Gasteiger charge is -2.16. The van der Waals surface area contributed by atoms with E-state index in [1.807, 2.05) is 38.1 Å². The largest absolute Gasteiger partial charge is 0.491 e. The number of amides is 1. The number of benzene rings is 1. The molecule has 22 heavy (non-hydrogen) atoms. The van der Waals surface area contributed by atoms with E-state index >= 15 is 0 Å². The lowest BCUT2D eigenvalue weighted by molar-refractivity contribution is -0.123. The van der Waals surface area contributed by atoms with E-state index in [1.165, 1.54) is 0 Å². The topological polar surface area (TPSA) is 50.4 Å². The maximum Gasteiger partial charge on any atom is 0.262 e. The Morgan fingerprint density at radius 1 is 1.45 bits per heavy atom. The summed E-state index contributed by atoms with van der Waals surface area (Å²) in [7, 11) is 0. The molecular formula is C15H21ClF2N2O2. The predicted molar refractivity (Wildman–Crippen MR) is 82.7 cm³/mol. The summed E-state index contributed by atoms with van der Waals surface area (Å²) in [5.41, 5.74) is 0.823. The third-order valence-corrected chi connectivity index (χ3v) is 3.21. The van der Waals surface area contributed by atoms with Crippen molar-refractivity contribution in [3.63, 3.8) is 0 Å². The van der Waals surface area contributed by atoms with E-state index in [2.05, 4.69) is 10.6 Å². The number of alkyl halides is 2. The van der Waals surface area contributed by atoms with Gasteiger partial charge in [0.1, 0.15) is 5.75 Å². The van der Waals surface area contributed by atoms with E-state index in [1.54, 1.807) is 0 Å². The summed E-state index contributed by atoms with van der Waals surface area (Å²) in [6.07, 6.45) is -0.430. The first kappa shape index (κ1) is 18.6. The molecule has 7 heteroatoms. The molecule has 0 bridgehead atoms. The summed E-state index contributed by atoms with van der Waals surface area (Å²) in [5.74, 6) is -2.52. The lowest BCUT2D eigenvalue weighted by atomic mass is 10.1. The van der Waals surface area contributed by atoms with Crippen LogP contribution in [0.4, 0.5) is 8.78 Å². The molecule has 0 saturated carbocycles. The van der Waals surface area contributed by atoms with Crippen molar-refractivity contribution in [2.24, 2.45) is 0 Å². The Morgan fingerprint density at radius 2 is 2.14 bits per heavy atom. The molecule has 4 nitrogen and oxygen atoms in total. The van der Waals surface area contributed by atoms with Crippen LogP contribution < -0.4 is 15.4 Å². The molecule has 0 spiro atoms. The number of carbonyl (C=O) groups is 1. The first-order valence-corrected chi connectivity index (χ1v) is 7.01. The molecule has 1 aliphatic rings. The molecule has 1 fully saturated rings. The van der Waals surface area contributed by atoms with Gasteiger partial charge in [-0.25, -0.2) is 8.78 Å². The summed E-state index contributed by atoms with van der Waals surface area (Å²) in [6, 6.07) is 6.52. The number of hydrogen-bond donors (Lipinski definition) is 2. The fourth-order valence-electron chi connectivity index (χ4n) is 2.23. The first-order chi connectivity index (χ1) is 9.87. The van der Waals surface area contributed by atoms with Crippen molar-refractivity contribution < 1.29 is 18.3 Å². The standard InChI is InChI=1S/C15H20F2N2O2.ClH/c1-10(2)21-13-6-4-3-5-11(13)8-18-14(20)12-7-15(16,17)9-19-12;/h3-6,10,12,19H,7-9H2,1-2H3,(H,18,20);1H. The van der Waals surface area contributed by atoms with E-state index in [4.69, 9.17) is 4.74 Å². The summed E-state index contributed by atoms with van der Waals surface area (Å²) in [4.78, 5) is 11.9. The maximum absolute atomic E-state index is 13.1. The molecule has 2 N–H and O–H groups in total. The van der Waals surface area contributed by atoms with Gasteiger partial charge in [-0.05, 0) is 19.9 Å². The van der Waals surface area contributed by atoms with Crippen molar-refractivity contribution in [2.45, 2.75) is 44.9 Å². The number of ether oxygens (including phenoxy) is 1. The van der Waals surface area contributed by atoms with Gasteiger partial charge in [0.15, 0.2) is 0 Å². The van der Waals surface area contributed by atoms with Gasteiger partial charge in [0.2, 0.25) is 5.91 Å². The smallest absolute Gasteiger partial charge is 0.262 e. The van der Waals surface area contributed by atoms with Crippen molar-refractivity contribution in [2.75, 3.05) is 6.54 Å². The minimum atomic E-state index is -2.80. The van der Waals surface area contributed by atoms with Crippen molar-refractivity contribution in [3.05, 3.63) is 29.8 Å². The summed E-state index contributed by atoms with van der Waals surface area (Å²) in [6.45, 7) is 3.64. The van der Waals surface area contributed by atoms with E-state index < -0.39 is 30.8 Å². The van der Waals surface area contributed by atoms with Crippen LogP contribution in [0, 0.1) is 0 Å². The molecule has 124 valence electrons. The van der Waals surface area contributed by atoms with Crippen molar-refractivity contribution in [3.8, 4) is 5.75 Å². The summed E-state index contributed by atoms with van der Waals surface area (Å²) >= 11 is 0. The fourth-order valence-corrected chi connectivity index (χ4v) is 2.23. The van der Waals surface area contributed by atoms with Crippen LogP contribution in [0.2, 0.25) is 0 Å². The Bertz CT molecular complexity index is 512. The molecule has 0 aromatic heterocycles. The van der Waals surface area contributed by atoms with E-state index in [0.717, 1.165) is 5.56 Å². The molecule has 1 aromatic rings. The maximum atomic E-state index is 13.1. The normalized spacial score (nSPS) is 19.6. The molecule has 1 atom stereocenters. The molecule has 1 heterocycles. The Balaban J connectivity index is 0.00000242. The Kier molecular flexibility index (Phi) is 6.56. The lowest BCUT2D eigenvalue weighted by Crippen LogP contribution is -2.40. The quantitative estimate of drug-likeness (QED) is 0.870. The Morgan fingerprint density at radius 3 is 2.73 bits per heavy atom. The van der Waals surface area contributed by atoms with Gasteiger partial charge in [-0.3, -0.25) is 10.1 Å². The minimum Gasteiger partial charge on any atom is -0.491 e. The zero-order valence-corrected chi connectivity index (χ0v) is 13.4. The van der Waals surface area contributed by atoms with E-state index in [-0.39, 0.29) is 25.1 Å². The number of hydrogen-bond acceptors (Lipinski definition) is 3. The van der Waals surface area contributed by atoms with Crippen molar-refractivity contribution in [1.82, 2.24) is 10.6 Å². The van der Waals surface area contributed by atoms with Gasteiger partial charge >= 0.3 is 0 Å². The van der Waals surface area contributed by atoms with Gasteiger partial charge in [0.25, 0.3) is 5.92 Å². The Hall–Kier alpha value is -1.40. The van der Waals surface area contributed by atoms with Crippen LogP contribution in [0.3, 0.4) is 0 Å². The highest BCUT2D eigenvalue weighted by atomic mass is 35.5. The third kappa shape index (κ3) is 5.10. The molecule has 2 rings (SSSR count). The van der Waals surface area contributed by atoms with Crippen LogP contribution in [-0.4, -0.2) is 30.5 Å². The van der Waals surface area contributed by atoms with Crippen molar-refractivity contribution >= 4 is 18.3 Å². The van der Waals surface area contributed by atoms with Gasteiger partial charge < -0.3 is 10.1 Å². The van der Waals surface area contributed by atoms with Gasteiger partial charge in [-0.2, -0.15) is 0 Å². The second kappa shape index (κ2) is 7.74. The molecule has 0 radical (unpaired) electrons. The third-order valence-electron chi connectivity index (χ3n) is 3.21. The number of rotatable bonds is 5. The highest BCUT2D eigenvalue weighted by Gasteiger charge is 2.42. The zero-order valence-electron chi connectivity index (χ0n) is 12.6. The molecular weight excluding hydrogens is 314 g/mol. The van der Waals surface area contributed by atoms with Crippen LogP contribution in [0.5, 0.6) is 5.75 Å². The second-order valence-corrected chi connectivity index (χ2v) is 5.49. The molecule has 0 aliphatic carbocycles. The molecule has 1 unspecified atom stereocenters. The van der Waals surface area contributed by atoms with Crippen LogP contribution in [0.15, 0.2) is 24.3 Å². The first-order valence-electron chi connectivity index (χ1n) is 7.01. The summed E-state index contributed by atoms with van der Waals surface area (Å²) in [5, 5.41) is 5.21. The molecule has 1 aromatic carbocycles. The number of nitrogens with one attached hydrogen (secondary N) is 2. The number of carbonyl (C=O) groups excluding carboxylic acids is 1. The van der Waals surface area contributed by atoms with E-state index in [9.17, 15) is 13.6 Å². The summed E-state index contributed by atoms with van der Waals surface area (Å²) < 4.78 is 31.8. The zero-order chi connectivity index (χ0) is 15.5. The number of halogens is 3. The van der Waals surface area contributed by atoms with Gasteiger partial charge in [-0.1, -0.05) is 18.2 Å². The predicted octanol–water partition coefficient (Wildman–Crippen LogP) is 2.51. The van der Waals surface area contributed by atoms with Crippen molar-refractivity contribution in [1.29, 1.82) is 0 Å². The number of para-hydroxylation sites is 1. The minimum absolute atomic E-state index is 0. The monoisotopic (exact) mass is 334 g/mol. The van der Waals surface area contributed by atoms with Gasteiger partial charge in [-0.15, -0.1) is 12.4 Å². The molecule has 1 saturated heterocycles.